The van der Waals surface area contributed by atoms with Crippen LogP contribution < -0.4 is 5.32 Å². The Morgan fingerprint density at radius 3 is 2.06 bits per heavy atom. The van der Waals surface area contributed by atoms with E-state index in [1.165, 1.54) is 0 Å². The fraction of sp³-hybridized carbons (Fsp3) is 0.733. The molecule has 0 radical (unpaired) electrons. The van der Waals surface area contributed by atoms with Gasteiger partial charge in [-0.15, -0.1) is 0 Å². The Bertz CT molecular complexity index is 365. The van der Waals surface area contributed by atoms with Crippen LogP contribution in [0.15, 0.2) is 6.07 Å². The van der Waals surface area contributed by atoms with Crippen LogP contribution >= 0.6 is 0 Å². The number of anilines is 1. The fourth-order valence-corrected chi connectivity index (χ4v) is 1.51. The lowest BCUT2D eigenvalue weighted by Crippen LogP contribution is -2.22. The van der Waals surface area contributed by atoms with Crippen LogP contribution in [0.25, 0.3) is 0 Å². The standard InChI is InChI=1S/C15H27N3/c1-8-9-16-12-10-11(14(2,3)4)17-13(18-12)15(5,6)7/h10H,8-9H2,1-7H3,(H,16,17,18). The first kappa shape index (κ1) is 14.9. The SMILES string of the molecule is CCCNc1cc(C(C)(C)C)nc(C(C)(C)C)n1. The molecule has 0 aromatic carbocycles. The van der Waals surface area contributed by atoms with Gasteiger partial charge in [0, 0.05) is 23.4 Å². The second-order valence-electron chi connectivity index (χ2n) is 6.89. The third-order valence-electron chi connectivity index (χ3n) is 2.72. The van der Waals surface area contributed by atoms with Crippen molar-refractivity contribution in [2.45, 2.75) is 65.7 Å². The van der Waals surface area contributed by atoms with Gasteiger partial charge in [0.05, 0.1) is 5.69 Å². The molecule has 0 unspecified atom stereocenters. The molecule has 0 atom stereocenters. The average Bonchev–Trinajstić information content (AvgIpc) is 2.23. The van der Waals surface area contributed by atoms with Crippen molar-refractivity contribution in [3.05, 3.63) is 17.6 Å². The summed E-state index contributed by atoms with van der Waals surface area (Å²) in [5.41, 5.74) is 1.12. The molecular weight excluding hydrogens is 222 g/mol. The van der Waals surface area contributed by atoms with Crippen molar-refractivity contribution in [2.24, 2.45) is 0 Å². The lowest BCUT2D eigenvalue weighted by molar-refractivity contribution is 0.514. The van der Waals surface area contributed by atoms with Crippen LogP contribution in [0.1, 0.15) is 66.4 Å². The van der Waals surface area contributed by atoms with Gasteiger partial charge in [-0.05, 0) is 6.42 Å². The second kappa shape index (κ2) is 5.25. The predicted molar refractivity (Wildman–Crippen MR) is 78.2 cm³/mol. The molecule has 0 aliphatic carbocycles. The van der Waals surface area contributed by atoms with E-state index in [4.69, 9.17) is 4.98 Å². The molecule has 3 heteroatoms. The van der Waals surface area contributed by atoms with E-state index in [1.807, 2.05) is 0 Å². The van der Waals surface area contributed by atoms with E-state index in [0.29, 0.717) is 0 Å². The highest BCUT2D eigenvalue weighted by molar-refractivity contribution is 5.38. The summed E-state index contributed by atoms with van der Waals surface area (Å²) in [6, 6.07) is 2.07. The Morgan fingerprint density at radius 1 is 1.00 bits per heavy atom. The predicted octanol–water partition coefficient (Wildman–Crippen LogP) is 3.89. The first-order chi connectivity index (χ1) is 8.14. The Labute approximate surface area is 111 Å². The number of nitrogens with zero attached hydrogens (tertiary/aromatic N) is 2. The Morgan fingerprint density at radius 2 is 1.61 bits per heavy atom. The first-order valence-electron chi connectivity index (χ1n) is 6.78. The van der Waals surface area contributed by atoms with Crippen molar-refractivity contribution in [3.8, 4) is 0 Å². The molecule has 1 aromatic heterocycles. The molecule has 3 nitrogen and oxygen atoms in total. The van der Waals surface area contributed by atoms with Crippen LogP contribution in [0.3, 0.4) is 0 Å². The van der Waals surface area contributed by atoms with Crippen molar-refractivity contribution in [2.75, 3.05) is 11.9 Å². The number of hydrogen-bond acceptors (Lipinski definition) is 3. The molecule has 0 amide bonds. The minimum absolute atomic E-state index is 0.0239. The van der Waals surface area contributed by atoms with Gasteiger partial charge < -0.3 is 5.32 Å². The minimum Gasteiger partial charge on any atom is -0.370 e. The molecular formula is C15H27N3. The lowest BCUT2D eigenvalue weighted by atomic mass is 9.90. The fourth-order valence-electron chi connectivity index (χ4n) is 1.51. The lowest BCUT2D eigenvalue weighted by Gasteiger charge is -2.24. The molecule has 0 aliphatic heterocycles. The van der Waals surface area contributed by atoms with Crippen molar-refractivity contribution >= 4 is 5.82 Å². The molecule has 0 fully saturated rings. The summed E-state index contributed by atoms with van der Waals surface area (Å²) in [5, 5.41) is 3.37. The monoisotopic (exact) mass is 249 g/mol. The molecule has 1 aromatic rings. The van der Waals surface area contributed by atoms with Gasteiger partial charge in [0.15, 0.2) is 0 Å². The molecule has 0 spiro atoms. The maximum absolute atomic E-state index is 4.73. The molecule has 102 valence electrons. The van der Waals surface area contributed by atoms with E-state index >= 15 is 0 Å². The smallest absolute Gasteiger partial charge is 0.136 e. The summed E-state index contributed by atoms with van der Waals surface area (Å²) in [6.45, 7) is 16.1. The molecule has 18 heavy (non-hydrogen) atoms. The highest BCUT2D eigenvalue weighted by atomic mass is 15.0. The van der Waals surface area contributed by atoms with Crippen LogP contribution in [0.5, 0.6) is 0 Å². The maximum Gasteiger partial charge on any atom is 0.136 e. The molecule has 0 bridgehead atoms. The van der Waals surface area contributed by atoms with E-state index < -0.39 is 0 Å². The number of hydrogen-bond donors (Lipinski definition) is 1. The van der Waals surface area contributed by atoms with Crippen LogP contribution in [0.4, 0.5) is 5.82 Å². The first-order valence-corrected chi connectivity index (χ1v) is 6.78. The van der Waals surface area contributed by atoms with E-state index in [1.54, 1.807) is 0 Å². The maximum atomic E-state index is 4.73. The summed E-state index contributed by atoms with van der Waals surface area (Å²) >= 11 is 0. The van der Waals surface area contributed by atoms with E-state index in [-0.39, 0.29) is 10.8 Å². The van der Waals surface area contributed by atoms with Gasteiger partial charge in [-0.3, -0.25) is 0 Å². The number of nitrogens with one attached hydrogen (secondary N) is 1. The van der Waals surface area contributed by atoms with Crippen LogP contribution in [-0.2, 0) is 10.8 Å². The van der Waals surface area contributed by atoms with Crippen LogP contribution in [0, 0.1) is 0 Å². The Hall–Kier alpha value is -1.12. The number of aromatic nitrogens is 2. The molecule has 1 heterocycles. The zero-order valence-electron chi connectivity index (χ0n) is 12.9. The zero-order chi connectivity index (χ0) is 14.0. The normalized spacial score (nSPS) is 12.6. The summed E-state index contributed by atoms with van der Waals surface area (Å²) in [7, 11) is 0. The second-order valence-corrected chi connectivity index (χ2v) is 6.89. The van der Waals surface area contributed by atoms with Crippen molar-refractivity contribution in [1.29, 1.82) is 0 Å². The highest BCUT2D eigenvalue weighted by Gasteiger charge is 2.23. The van der Waals surface area contributed by atoms with Crippen LogP contribution in [-0.4, -0.2) is 16.5 Å². The summed E-state index contributed by atoms with van der Waals surface area (Å²) in [5.74, 6) is 1.86. The van der Waals surface area contributed by atoms with Gasteiger partial charge in [0.1, 0.15) is 11.6 Å². The number of rotatable bonds is 3. The Balaban J connectivity index is 3.21. The molecule has 0 saturated carbocycles. The highest BCUT2D eigenvalue weighted by Crippen LogP contribution is 2.26. The summed E-state index contributed by atoms with van der Waals surface area (Å²) < 4.78 is 0. The van der Waals surface area contributed by atoms with Gasteiger partial charge in [0.25, 0.3) is 0 Å². The zero-order valence-corrected chi connectivity index (χ0v) is 12.9. The van der Waals surface area contributed by atoms with Gasteiger partial charge in [-0.25, -0.2) is 9.97 Å². The minimum atomic E-state index is -0.0239. The topological polar surface area (TPSA) is 37.8 Å². The van der Waals surface area contributed by atoms with Gasteiger partial charge in [0.2, 0.25) is 0 Å². The van der Waals surface area contributed by atoms with Gasteiger partial charge in [-0.1, -0.05) is 48.5 Å². The van der Waals surface area contributed by atoms with Crippen molar-refractivity contribution in [3.63, 3.8) is 0 Å². The van der Waals surface area contributed by atoms with E-state index in [2.05, 4.69) is 64.8 Å². The third kappa shape index (κ3) is 3.97. The molecule has 1 N–H and O–H groups in total. The van der Waals surface area contributed by atoms with E-state index in [0.717, 1.165) is 30.3 Å². The quantitative estimate of drug-likeness (QED) is 0.883. The molecule has 1 rings (SSSR count). The molecule has 0 saturated heterocycles. The summed E-state index contributed by atoms with van der Waals surface area (Å²) in [4.78, 5) is 9.37. The van der Waals surface area contributed by atoms with E-state index in [9.17, 15) is 0 Å². The Kier molecular flexibility index (Phi) is 4.36. The summed E-state index contributed by atoms with van der Waals surface area (Å²) in [6.07, 6.45) is 1.10. The van der Waals surface area contributed by atoms with Crippen molar-refractivity contribution in [1.82, 2.24) is 9.97 Å². The van der Waals surface area contributed by atoms with Gasteiger partial charge in [-0.2, -0.15) is 0 Å². The van der Waals surface area contributed by atoms with Crippen LogP contribution in [0.2, 0.25) is 0 Å². The van der Waals surface area contributed by atoms with Gasteiger partial charge >= 0.3 is 0 Å². The van der Waals surface area contributed by atoms with Crippen molar-refractivity contribution < 1.29 is 0 Å². The third-order valence-corrected chi connectivity index (χ3v) is 2.72. The largest absolute Gasteiger partial charge is 0.370 e. The average molecular weight is 249 g/mol. The molecule has 0 aliphatic rings.